The molecule has 0 radical (unpaired) electrons. The summed E-state index contributed by atoms with van der Waals surface area (Å²) in [6, 6.07) is 4.33. The lowest BCUT2D eigenvalue weighted by Crippen LogP contribution is -2.41. The summed E-state index contributed by atoms with van der Waals surface area (Å²) in [4.78, 5) is 0. The Hall–Kier alpha value is -1.02. The van der Waals surface area contributed by atoms with Gasteiger partial charge >= 0.3 is 0 Å². The van der Waals surface area contributed by atoms with E-state index in [1.807, 2.05) is 0 Å². The number of aliphatic hydroxyl groups excluding tert-OH is 1. The second-order valence-electron chi connectivity index (χ2n) is 7.47. The maximum Gasteiger partial charge on any atom is 0.123 e. The highest BCUT2D eigenvalue weighted by atomic mass is 16.5. The summed E-state index contributed by atoms with van der Waals surface area (Å²) in [6.07, 6.45) is 3.00. The maximum absolute atomic E-state index is 10.6. The molecule has 3 unspecified atom stereocenters. The number of rotatable bonds is 3. The predicted molar refractivity (Wildman–Crippen MR) is 88.0 cm³/mol. The molecule has 0 amide bonds. The van der Waals surface area contributed by atoms with Gasteiger partial charge in [-0.2, -0.15) is 0 Å². The van der Waals surface area contributed by atoms with Gasteiger partial charge in [-0.1, -0.05) is 33.3 Å². The Morgan fingerprint density at radius 2 is 1.86 bits per heavy atom. The number of hydrogen-bond acceptors (Lipinski definition) is 2. The van der Waals surface area contributed by atoms with E-state index in [1.165, 1.54) is 23.1 Å². The van der Waals surface area contributed by atoms with Crippen molar-refractivity contribution in [3.8, 4) is 5.75 Å². The number of aliphatic hydroxyl groups is 1. The Balaban J connectivity index is 2.44. The van der Waals surface area contributed by atoms with E-state index in [1.54, 1.807) is 7.11 Å². The lowest BCUT2D eigenvalue weighted by Gasteiger charge is -2.43. The average Bonchev–Trinajstić information content (AvgIpc) is 2.36. The predicted octanol–water partition coefficient (Wildman–Crippen LogP) is 4.39. The van der Waals surface area contributed by atoms with Crippen LogP contribution in [0.25, 0.3) is 0 Å². The molecular formula is C19H30O2. The Morgan fingerprint density at radius 1 is 1.19 bits per heavy atom. The SMILES string of the molecule is COc1cc(C)cc(C)c1C(C)(C)C1CCC(C)CC1O. The van der Waals surface area contributed by atoms with Crippen molar-refractivity contribution < 1.29 is 9.84 Å². The molecule has 1 aromatic rings. The molecule has 118 valence electrons. The van der Waals surface area contributed by atoms with Crippen molar-refractivity contribution >= 4 is 0 Å². The van der Waals surface area contributed by atoms with Crippen molar-refractivity contribution in [2.45, 2.75) is 65.4 Å². The Labute approximate surface area is 129 Å². The third-order valence-corrected chi connectivity index (χ3v) is 5.31. The monoisotopic (exact) mass is 290 g/mol. The van der Waals surface area contributed by atoms with Crippen molar-refractivity contribution in [1.82, 2.24) is 0 Å². The van der Waals surface area contributed by atoms with Crippen molar-refractivity contribution in [1.29, 1.82) is 0 Å². The fourth-order valence-corrected chi connectivity index (χ4v) is 4.29. The summed E-state index contributed by atoms with van der Waals surface area (Å²) in [5.74, 6) is 1.89. The third kappa shape index (κ3) is 3.11. The van der Waals surface area contributed by atoms with E-state index < -0.39 is 0 Å². The largest absolute Gasteiger partial charge is 0.496 e. The van der Waals surface area contributed by atoms with Gasteiger partial charge in [-0.05, 0) is 61.1 Å². The standard InChI is InChI=1S/C19H30O2/c1-12-7-8-15(16(20)10-12)19(4,5)18-14(3)9-13(2)11-17(18)21-6/h9,11-12,15-16,20H,7-8,10H2,1-6H3. The van der Waals surface area contributed by atoms with Gasteiger partial charge < -0.3 is 9.84 Å². The molecule has 1 aromatic carbocycles. The second-order valence-corrected chi connectivity index (χ2v) is 7.47. The van der Waals surface area contributed by atoms with Gasteiger partial charge in [0.15, 0.2) is 0 Å². The van der Waals surface area contributed by atoms with Gasteiger partial charge in [0.1, 0.15) is 5.75 Å². The van der Waals surface area contributed by atoms with Crippen LogP contribution in [0.2, 0.25) is 0 Å². The highest BCUT2D eigenvalue weighted by Gasteiger charge is 2.41. The summed E-state index contributed by atoms with van der Waals surface area (Å²) >= 11 is 0. The zero-order valence-electron chi connectivity index (χ0n) is 14.4. The highest BCUT2D eigenvalue weighted by Crippen LogP contribution is 2.46. The Bertz CT molecular complexity index is 505. The number of hydrogen-bond donors (Lipinski definition) is 1. The molecule has 0 aromatic heterocycles. The molecule has 0 heterocycles. The lowest BCUT2D eigenvalue weighted by atomic mass is 9.63. The van der Waals surface area contributed by atoms with Crippen molar-refractivity contribution in [3.05, 3.63) is 28.8 Å². The molecule has 1 aliphatic carbocycles. The summed E-state index contributed by atoms with van der Waals surface area (Å²) < 4.78 is 5.66. The van der Waals surface area contributed by atoms with Gasteiger partial charge in [-0.15, -0.1) is 0 Å². The van der Waals surface area contributed by atoms with E-state index >= 15 is 0 Å². The first-order valence-electron chi connectivity index (χ1n) is 8.11. The molecule has 0 saturated heterocycles. The first-order chi connectivity index (χ1) is 9.77. The van der Waals surface area contributed by atoms with Crippen molar-refractivity contribution in [2.24, 2.45) is 11.8 Å². The normalized spacial score (nSPS) is 26.7. The summed E-state index contributed by atoms with van der Waals surface area (Å²) in [5.41, 5.74) is 3.67. The second kappa shape index (κ2) is 6.00. The van der Waals surface area contributed by atoms with E-state index in [9.17, 15) is 5.11 Å². The van der Waals surface area contributed by atoms with Gasteiger partial charge in [0.25, 0.3) is 0 Å². The smallest absolute Gasteiger partial charge is 0.123 e. The van der Waals surface area contributed by atoms with Crippen molar-refractivity contribution in [2.75, 3.05) is 7.11 Å². The van der Waals surface area contributed by atoms with Crippen LogP contribution in [0, 0.1) is 25.7 Å². The Kier molecular flexibility index (Phi) is 4.67. The number of aryl methyl sites for hydroxylation is 2. The van der Waals surface area contributed by atoms with Crippen LogP contribution in [0.3, 0.4) is 0 Å². The summed E-state index contributed by atoms with van der Waals surface area (Å²) in [5, 5.41) is 10.6. The Morgan fingerprint density at radius 3 is 2.43 bits per heavy atom. The van der Waals surface area contributed by atoms with Gasteiger partial charge in [0.2, 0.25) is 0 Å². The number of ether oxygens (including phenoxy) is 1. The number of benzene rings is 1. The van der Waals surface area contributed by atoms with Gasteiger partial charge in [-0.25, -0.2) is 0 Å². The van der Waals surface area contributed by atoms with Crippen LogP contribution in [0.5, 0.6) is 5.75 Å². The highest BCUT2D eigenvalue weighted by molar-refractivity contribution is 5.47. The van der Waals surface area contributed by atoms with Gasteiger partial charge in [0.05, 0.1) is 13.2 Å². The van der Waals surface area contributed by atoms with Crippen LogP contribution >= 0.6 is 0 Å². The molecule has 0 aliphatic heterocycles. The van der Waals surface area contributed by atoms with E-state index in [4.69, 9.17) is 4.74 Å². The fourth-order valence-electron chi connectivity index (χ4n) is 4.29. The van der Waals surface area contributed by atoms with E-state index in [-0.39, 0.29) is 11.5 Å². The summed E-state index contributed by atoms with van der Waals surface area (Å²) in [7, 11) is 1.74. The van der Waals surface area contributed by atoms with Crippen LogP contribution in [0.15, 0.2) is 12.1 Å². The minimum atomic E-state index is -0.214. The molecule has 21 heavy (non-hydrogen) atoms. The average molecular weight is 290 g/mol. The quantitative estimate of drug-likeness (QED) is 0.894. The molecule has 1 saturated carbocycles. The molecule has 2 nitrogen and oxygen atoms in total. The van der Waals surface area contributed by atoms with E-state index in [0.717, 1.165) is 18.6 Å². The third-order valence-electron chi connectivity index (χ3n) is 5.31. The molecule has 2 rings (SSSR count). The maximum atomic E-state index is 10.6. The summed E-state index contributed by atoms with van der Waals surface area (Å²) in [6.45, 7) is 11.0. The van der Waals surface area contributed by atoms with Crippen LogP contribution in [-0.4, -0.2) is 18.3 Å². The van der Waals surface area contributed by atoms with Crippen molar-refractivity contribution in [3.63, 3.8) is 0 Å². The molecule has 0 bridgehead atoms. The number of methoxy groups -OCH3 is 1. The first kappa shape index (κ1) is 16.4. The molecule has 1 N–H and O–H groups in total. The lowest BCUT2D eigenvalue weighted by molar-refractivity contribution is 0.0136. The zero-order valence-corrected chi connectivity index (χ0v) is 14.4. The molecule has 2 heteroatoms. The van der Waals surface area contributed by atoms with E-state index in [0.29, 0.717) is 11.8 Å². The minimum Gasteiger partial charge on any atom is -0.496 e. The molecule has 1 aliphatic rings. The fraction of sp³-hybridized carbons (Fsp3) is 0.684. The van der Waals surface area contributed by atoms with Crippen LogP contribution < -0.4 is 4.74 Å². The van der Waals surface area contributed by atoms with Crippen LogP contribution in [-0.2, 0) is 5.41 Å². The van der Waals surface area contributed by atoms with E-state index in [2.05, 4.69) is 46.8 Å². The van der Waals surface area contributed by atoms with Crippen LogP contribution in [0.1, 0.15) is 56.7 Å². The van der Waals surface area contributed by atoms with Gasteiger partial charge in [-0.3, -0.25) is 0 Å². The molecule has 0 spiro atoms. The van der Waals surface area contributed by atoms with Gasteiger partial charge in [0, 0.05) is 5.56 Å². The molecular weight excluding hydrogens is 260 g/mol. The topological polar surface area (TPSA) is 29.5 Å². The molecule has 1 fully saturated rings. The zero-order chi connectivity index (χ0) is 15.8. The van der Waals surface area contributed by atoms with Crippen LogP contribution in [0.4, 0.5) is 0 Å². The first-order valence-corrected chi connectivity index (χ1v) is 8.11. The molecule has 3 atom stereocenters. The minimum absolute atomic E-state index is 0.0807.